The summed E-state index contributed by atoms with van der Waals surface area (Å²) in [5, 5.41) is 5.66. The van der Waals surface area contributed by atoms with Crippen LogP contribution in [0.4, 0.5) is 10.5 Å². The van der Waals surface area contributed by atoms with Gasteiger partial charge in [-0.25, -0.2) is 9.59 Å². The monoisotopic (exact) mass is 403 g/mol. The van der Waals surface area contributed by atoms with Gasteiger partial charge in [0.25, 0.3) is 0 Å². The first-order chi connectivity index (χ1) is 13.3. The number of hydrogen-bond donors (Lipinski definition) is 3. The third-order valence-electron chi connectivity index (χ3n) is 3.73. The molecule has 0 fully saturated rings. The topological polar surface area (TPSA) is 111 Å². The fourth-order valence-corrected chi connectivity index (χ4v) is 2.80. The van der Waals surface area contributed by atoms with Crippen molar-refractivity contribution in [1.29, 1.82) is 0 Å². The number of ether oxygens (including phenoxy) is 1. The molecule has 7 nitrogen and oxygen atoms in total. The van der Waals surface area contributed by atoms with Crippen molar-refractivity contribution in [2.75, 3.05) is 5.32 Å². The van der Waals surface area contributed by atoms with Crippen LogP contribution in [0.25, 0.3) is 0 Å². The first-order valence-corrected chi connectivity index (χ1v) is 9.05. The van der Waals surface area contributed by atoms with Gasteiger partial charge in [-0.05, 0) is 49.7 Å². The zero-order chi connectivity index (χ0) is 20.7. The quantitative estimate of drug-likeness (QED) is 0.613. The molecule has 2 aromatic rings. The minimum absolute atomic E-state index is 0.0657. The van der Waals surface area contributed by atoms with E-state index in [-0.39, 0.29) is 18.4 Å². The van der Waals surface area contributed by atoms with Gasteiger partial charge in [-0.2, -0.15) is 0 Å². The highest BCUT2D eigenvalue weighted by molar-refractivity contribution is 6.31. The van der Waals surface area contributed by atoms with E-state index in [1.165, 1.54) is 0 Å². The molecule has 0 radical (unpaired) electrons. The molecule has 0 saturated heterocycles. The molecule has 28 heavy (non-hydrogen) atoms. The van der Waals surface area contributed by atoms with Crippen LogP contribution in [-0.2, 0) is 9.53 Å². The Balaban J connectivity index is 2.05. The van der Waals surface area contributed by atoms with Gasteiger partial charge in [0, 0.05) is 10.7 Å². The number of urea groups is 1. The Bertz CT molecular complexity index is 853. The Labute approximate surface area is 168 Å². The molecule has 148 valence electrons. The first-order valence-electron chi connectivity index (χ1n) is 8.67. The van der Waals surface area contributed by atoms with E-state index in [4.69, 9.17) is 22.1 Å². The standard InChI is InChI=1S/C20H22ClN3O4/c1-12(2)28-19(26)13-7-9-14(10-8-13)23-18(25)11-17(24-20(22)27)15-5-3-4-6-16(15)21/h3-10,12,17H,11H2,1-2H3,(H,23,25)(H3,22,24,27)/t17-/m1/s1. The molecule has 0 saturated carbocycles. The normalized spacial score (nSPS) is 11.6. The number of hydrogen-bond acceptors (Lipinski definition) is 4. The SMILES string of the molecule is CC(C)OC(=O)c1ccc(NC(=O)C[C@@H](NC(N)=O)c2ccccc2Cl)cc1. The van der Waals surface area contributed by atoms with Gasteiger partial charge in [-0.15, -0.1) is 0 Å². The summed E-state index contributed by atoms with van der Waals surface area (Å²) in [6.07, 6.45) is -0.282. The average Bonchev–Trinajstić information content (AvgIpc) is 2.61. The van der Waals surface area contributed by atoms with Gasteiger partial charge in [-0.1, -0.05) is 29.8 Å². The summed E-state index contributed by atoms with van der Waals surface area (Å²) in [5.41, 5.74) is 6.70. The van der Waals surface area contributed by atoms with Crippen LogP contribution >= 0.6 is 11.6 Å². The molecule has 2 rings (SSSR count). The van der Waals surface area contributed by atoms with E-state index in [1.54, 1.807) is 62.4 Å². The molecule has 0 unspecified atom stereocenters. The van der Waals surface area contributed by atoms with Crippen LogP contribution in [0, 0.1) is 0 Å². The predicted molar refractivity (Wildman–Crippen MR) is 107 cm³/mol. The highest BCUT2D eigenvalue weighted by Gasteiger charge is 2.20. The molecular weight excluding hydrogens is 382 g/mol. The van der Waals surface area contributed by atoms with E-state index in [0.29, 0.717) is 21.8 Å². The minimum Gasteiger partial charge on any atom is -0.459 e. The second-order valence-corrected chi connectivity index (χ2v) is 6.77. The van der Waals surface area contributed by atoms with E-state index >= 15 is 0 Å². The smallest absolute Gasteiger partial charge is 0.338 e. The third kappa shape index (κ3) is 6.28. The maximum atomic E-state index is 12.4. The highest BCUT2D eigenvalue weighted by atomic mass is 35.5. The number of carbonyl (C=O) groups is 3. The van der Waals surface area contributed by atoms with Crippen molar-refractivity contribution in [3.63, 3.8) is 0 Å². The van der Waals surface area contributed by atoms with Gasteiger partial charge in [-0.3, -0.25) is 4.79 Å². The summed E-state index contributed by atoms with van der Waals surface area (Å²) in [7, 11) is 0. The Morgan fingerprint density at radius 3 is 2.29 bits per heavy atom. The van der Waals surface area contributed by atoms with Crippen LogP contribution in [0.15, 0.2) is 48.5 Å². The molecule has 0 aliphatic heterocycles. The minimum atomic E-state index is -0.759. The summed E-state index contributed by atoms with van der Waals surface area (Å²) < 4.78 is 5.12. The second-order valence-electron chi connectivity index (χ2n) is 6.37. The summed E-state index contributed by atoms with van der Waals surface area (Å²) in [6.45, 7) is 3.53. The molecule has 4 N–H and O–H groups in total. The van der Waals surface area contributed by atoms with E-state index in [2.05, 4.69) is 10.6 Å². The van der Waals surface area contributed by atoms with Crippen molar-refractivity contribution >= 4 is 35.2 Å². The van der Waals surface area contributed by atoms with Crippen molar-refractivity contribution < 1.29 is 19.1 Å². The molecule has 8 heteroatoms. The van der Waals surface area contributed by atoms with Gasteiger partial charge in [0.05, 0.1) is 24.1 Å². The van der Waals surface area contributed by atoms with Crippen LogP contribution in [-0.4, -0.2) is 24.0 Å². The molecule has 0 aromatic heterocycles. The van der Waals surface area contributed by atoms with Crippen LogP contribution in [0.3, 0.4) is 0 Å². The molecule has 0 spiro atoms. The highest BCUT2D eigenvalue weighted by Crippen LogP contribution is 2.25. The summed E-state index contributed by atoms with van der Waals surface area (Å²) in [4.78, 5) is 35.6. The van der Waals surface area contributed by atoms with Gasteiger partial charge >= 0.3 is 12.0 Å². The zero-order valence-electron chi connectivity index (χ0n) is 15.6. The van der Waals surface area contributed by atoms with Crippen molar-refractivity contribution in [3.8, 4) is 0 Å². The predicted octanol–water partition coefficient (Wildman–Crippen LogP) is 3.64. The van der Waals surface area contributed by atoms with Gasteiger partial charge in [0.15, 0.2) is 0 Å². The summed E-state index contributed by atoms with van der Waals surface area (Å²) in [5.74, 6) is -0.784. The second kappa shape index (κ2) is 9.75. The number of amides is 3. The van der Waals surface area contributed by atoms with Crippen molar-refractivity contribution in [2.24, 2.45) is 5.73 Å². The molecule has 2 aromatic carbocycles. The molecule has 0 heterocycles. The maximum Gasteiger partial charge on any atom is 0.338 e. The lowest BCUT2D eigenvalue weighted by Crippen LogP contribution is -2.35. The van der Waals surface area contributed by atoms with E-state index in [1.807, 2.05) is 0 Å². The number of anilines is 1. The number of nitrogens with two attached hydrogens (primary N) is 1. The summed E-state index contributed by atoms with van der Waals surface area (Å²) >= 11 is 6.16. The zero-order valence-corrected chi connectivity index (χ0v) is 16.3. The Morgan fingerprint density at radius 1 is 1.07 bits per heavy atom. The van der Waals surface area contributed by atoms with E-state index in [0.717, 1.165) is 0 Å². The van der Waals surface area contributed by atoms with Gasteiger partial charge in [0.2, 0.25) is 5.91 Å². The lowest BCUT2D eigenvalue weighted by atomic mass is 10.0. The molecule has 0 aliphatic carbocycles. The number of carbonyl (C=O) groups excluding carboxylic acids is 3. The largest absolute Gasteiger partial charge is 0.459 e. The summed E-state index contributed by atoms with van der Waals surface area (Å²) in [6, 6.07) is 11.8. The number of nitrogens with one attached hydrogen (secondary N) is 2. The molecule has 3 amide bonds. The van der Waals surface area contributed by atoms with Gasteiger partial charge < -0.3 is 21.1 Å². The molecule has 0 aliphatic rings. The van der Waals surface area contributed by atoms with Crippen molar-refractivity contribution in [3.05, 3.63) is 64.7 Å². The van der Waals surface area contributed by atoms with Gasteiger partial charge in [0.1, 0.15) is 0 Å². The van der Waals surface area contributed by atoms with E-state index in [9.17, 15) is 14.4 Å². The lowest BCUT2D eigenvalue weighted by molar-refractivity contribution is -0.116. The lowest BCUT2D eigenvalue weighted by Gasteiger charge is -2.19. The van der Waals surface area contributed by atoms with Crippen molar-refractivity contribution in [2.45, 2.75) is 32.4 Å². The van der Waals surface area contributed by atoms with Crippen LogP contribution in [0.1, 0.15) is 42.2 Å². The number of esters is 1. The fourth-order valence-electron chi connectivity index (χ4n) is 2.54. The van der Waals surface area contributed by atoms with Crippen LogP contribution < -0.4 is 16.4 Å². The molecule has 1 atom stereocenters. The molecule has 0 bridgehead atoms. The number of benzene rings is 2. The number of halogens is 1. The first kappa shape index (κ1) is 21.2. The average molecular weight is 404 g/mol. The number of rotatable bonds is 7. The van der Waals surface area contributed by atoms with Crippen molar-refractivity contribution in [1.82, 2.24) is 5.32 Å². The van der Waals surface area contributed by atoms with Crippen LogP contribution in [0.2, 0.25) is 5.02 Å². The van der Waals surface area contributed by atoms with E-state index < -0.39 is 18.0 Å². The molecular formula is C20H22ClN3O4. The third-order valence-corrected chi connectivity index (χ3v) is 4.08. The Kier molecular flexibility index (Phi) is 7.40. The van der Waals surface area contributed by atoms with Crippen LogP contribution in [0.5, 0.6) is 0 Å². The maximum absolute atomic E-state index is 12.4. The number of primary amides is 1. The Hall–Kier alpha value is -3.06. The fraction of sp³-hybridized carbons (Fsp3) is 0.250. The Morgan fingerprint density at radius 2 is 1.71 bits per heavy atom.